The molecule has 0 aliphatic heterocycles. The minimum absolute atomic E-state index is 1.11. The van der Waals surface area contributed by atoms with Gasteiger partial charge in [0.15, 0.2) is 0 Å². The van der Waals surface area contributed by atoms with Gasteiger partial charge in [-0.2, -0.15) is 0 Å². The highest BCUT2D eigenvalue weighted by atomic mass is 14.1. The molecule has 0 aromatic carbocycles. The van der Waals surface area contributed by atoms with Crippen LogP contribution in [0.25, 0.3) is 0 Å². The van der Waals surface area contributed by atoms with Crippen molar-refractivity contribution in [2.75, 3.05) is 0 Å². The molecule has 0 spiro atoms. The molecule has 0 saturated carbocycles. The van der Waals surface area contributed by atoms with E-state index < -0.39 is 0 Å². The minimum Gasteiger partial charge on any atom is -0.115 e. The smallest absolute Gasteiger partial charge is 0.00494 e. The monoisotopic (exact) mass is 146 g/mol. The van der Waals surface area contributed by atoms with Crippen molar-refractivity contribution < 1.29 is 0 Å². The molecule has 0 saturated heterocycles. The Labute approximate surface area is 69.0 Å². The lowest BCUT2D eigenvalue weighted by Crippen LogP contribution is -1.95. The number of hydrogen-bond donors (Lipinski definition) is 0. The Morgan fingerprint density at radius 1 is 1.36 bits per heavy atom. The third kappa shape index (κ3) is 1.98. The quantitative estimate of drug-likeness (QED) is 0.499. The van der Waals surface area contributed by atoms with Crippen molar-refractivity contribution in [3.63, 3.8) is 0 Å². The van der Waals surface area contributed by atoms with E-state index in [1.165, 1.54) is 30.4 Å². The third-order valence-corrected chi connectivity index (χ3v) is 2.05. The highest BCUT2D eigenvalue weighted by molar-refractivity contribution is 5.38. The molecule has 0 heterocycles. The fourth-order valence-electron chi connectivity index (χ4n) is 1.48. The van der Waals surface area contributed by atoms with Crippen LogP contribution >= 0.6 is 0 Å². The largest absolute Gasteiger partial charge is 0.115 e. The van der Waals surface area contributed by atoms with Crippen LogP contribution in [0.3, 0.4) is 0 Å². The zero-order chi connectivity index (χ0) is 8.10. The summed E-state index contributed by atoms with van der Waals surface area (Å²) in [5.74, 6) is 2.77. The maximum Gasteiger partial charge on any atom is 0.00494 e. The topological polar surface area (TPSA) is 0 Å². The molecule has 0 heteroatoms. The molecule has 0 amide bonds. The standard InChI is InChI=1S/C11H14/c1-3-7-11-9-6-5-8-10(11)4-2/h2-3,7H,5-6,8-9H2,1H3/b7-3-. The molecule has 0 fully saturated rings. The average molecular weight is 146 g/mol. The van der Waals surface area contributed by atoms with E-state index in [1.54, 1.807) is 0 Å². The summed E-state index contributed by atoms with van der Waals surface area (Å²) in [5, 5.41) is 0. The van der Waals surface area contributed by atoms with E-state index in [4.69, 9.17) is 6.42 Å². The van der Waals surface area contributed by atoms with Crippen LogP contribution in [0.5, 0.6) is 0 Å². The minimum atomic E-state index is 1.11. The molecule has 0 bridgehead atoms. The average Bonchev–Trinajstić information content (AvgIpc) is 2.06. The van der Waals surface area contributed by atoms with E-state index in [1.807, 2.05) is 6.92 Å². The fraction of sp³-hybridized carbons (Fsp3) is 0.455. The second-order valence-electron chi connectivity index (χ2n) is 2.86. The maximum absolute atomic E-state index is 5.38. The molecule has 0 nitrogen and oxygen atoms in total. The maximum atomic E-state index is 5.38. The molecule has 0 aromatic rings. The van der Waals surface area contributed by atoms with Gasteiger partial charge in [-0.1, -0.05) is 18.1 Å². The highest BCUT2D eigenvalue weighted by Gasteiger charge is 2.07. The number of rotatable bonds is 1. The van der Waals surface area contributed by atoms with Gasteiger partial charge in [-0.3, -0.25) is 0 Å². The normalized spacial score (nSPS) is 18.9. The highest BCUT2D eigenvalue weighted by Crippen LogP contribution is 2.24. The first-order chi connectivity index (χ1) is 5.38. The van der Waals surface area contributed by atoms with Gasteiger partial charge in [-0.25, -0.2) is 0 Å². The Bertz CT molecular complexity index is 223. The van der Waals surface area contributed by atoms with Gasteiger partial charge in [0, 0.05) is 5.57 Å². The predicted molar refractivity (Wildman–Crippen MR) is 49.1 cm³/mol. The van der Waals surface area contributed by atoms with Gasteiger partial charge in [0.25, 0.3) is 0 Å². The fourth-order valence-corrected chi connectivity index (χ4v) is 1.48. The third-order valence-electron chi connectivity index (χ3n) is 2.05. The summed E-state index contributed by atoms with van der Waals surface area (Å²) >= 11 is 0. The predicted octanol–water partition coefficient (Wildman–Crippen LogP) is 3.07. The van der Waals surface area contributed by atoms with Crippen molar-refractivity contribution in [3.05, 3.63) is 23.3 Å². The Morgan fingerprint density at radius 3 is 2.73 bits per heavy atom. The molecular formula is C11H14. The van der Waals surface area contributed by atoms with Gasteiger partial charge < -0.3 is 0 Å². The van der Waals surface area contributed by atoms with Gasteiger partial charge in [0.2, 0.25) is 0 Å². The van der Waals surface area contributed by atoms with Gasteiger partial charge in [0.05, 0.1) is 0 Å². The summed E-state index contributed by atoms with van der Waals surface area (Å²) in [5.41, 5.74) is 2.59. The summed E-state index contributed by atoms with van der Waals surface area (Å²) in [6.45, 7) is 2.04. The lowest BCUT2D eigenvalue weighted by atomic mass is 9.92. The van der Waals surface area contributed by atoms with Crippen molar-refractivity contribution in [1.29, 1.82) is 0 Å². The first-order valence-electron chi connectivity index (χ1n) is 4.20. The first kappa shape index (κ1) is 8.14. The molecule has 11 heavy (non-hydrogen) atoms. The van der Waals surface area contributed by atoms with Crippen molar-refractivity contribution in [2.24, 2.45) is 0 Å². The summed E-state index contributed by atoms with van der Waals surface area (Å²) in [6, 6.07) is 0. The lowest BCUT2D eigenvalue weighted by molar-refractivity contribution is 0.696. The van der Waals surface area contributed by atoms with Gasteiger partial charge in [-0.05, 0) is 38.2 Å². The van der Waals surface area contributed by atoms with E-state index in [9.17, 15) is 0 Å². The van der Waals surface area contributed by atoms with Crippen LogP contribution in [-0.2, 0) is 0 Å². The second kappa shape index (κ2) is 4.03. The van der Waals surface area contributed by atoms with Crippen molar-refractivity contribution >= 4 is 0 Å². The van der Waals surface area contributed by atoms with Crippen LogP contribution in [-0.4, -0.2) is 0 Å². The Balaban J connectivity index is 2.83. The van der Waals surface area contributed by atoms with Crippen LogP contribution < -0.4 is 0 Å². The molecular weight excluding hydrogens is 132 g/mol. The molecule has 1 aliphatic rings. The van der Waals surface area contributed by atoms with Crippen LogP contribution in [0.15, 0.2) is 23.3 Å². The molecule has 1 aliphatic carbocycles. The molecule has 58 valence electrons. The Kier molecular flexibility index (Phi) is 2.98. The molecule has 0 N–H and O–H groups in total. The van der Waals surface area contributed by atoms with E-state index in [-0.39, 0.29) is 0 Å². The molecule has 0 unspecified atom stereocenters. The van der Waals surface area contributed by atoms with E-state index >= 15 is 0 Å². The zero-order valence-electron chi connectivity index (χ0n) is 7.06. The molecule has 0 radical (unpaired) electrons. The molecule has 0 atom stereocenters. The van der Waals surface area contributed by atoms with Gasteiger partial charge in [-0.15, -0.1) is 6.42 Å². The molecule has 1 rings (SSSR count). The van der Waals surface area contributed by atoms with Crippen LogP contribution in [0, 0.1) is 12.3 Å². The lowest BCUT2D eigenvalue weighted by Gasteiger charge is -2.13. The SMILES string of the molecule is C#CC1=C(/C=C\C)CCCC1. The summed E-state index contributed by atoms with van der Waals surface area (Å²) in [7, 11) is 0. The van der Waals surface area contributed by atoms with Crippen molar-refractivity contribution in [2.45, 2.75) is 32.6 Å². The number of hydrogen-bond acceptors (Lipinski definition) is 0. The summed E-state index contributed by atoms with van der Waals surface area (Å²) in [4.78, 5) is 0. The van der Waals surface area contributed by atoms with Crippen LogP contribution in [0.4, 0.5) is 0 Å². The Hall–Kier alpha value is -0.960. The Morgan fingerprint density at radius 2 is 2.09 bits per heavy atom. The number of allylic oxidation sites excluding steroid dienone is 4. The first-order valence-corrected chi connectivity index (χ1v) is 4.20. The summed E-state index contributed by atoms with van der Waals surface area (Å²) in [6.07, 6.45) is 14.4. The molecule has 0 aromatic heterocycles. The van der Waals surface area contributed by atoms with Gasteiger partial charge >= 0.3 is 0 Å². The van der Waals surface area contributed by atoms with E-state index in [2.05, 4.69) is 18.1 Å². The van der Waals surface area contributed by atoms with Crippen LogP contribution in [0.1, 0.15) is 32.6 Å². The second-order valence-corrected chi connectivity index (χ2v) is 2.86. The van der Waals surface area contributed by atoms with E-state index in [0.29, 0.717) is 0 Å². The van der Waals surface area contributed by atoms with Gasteiger partial charge in [0.1, 0.15) is 0 Å². The number of terminal acetylenes is 1. The summed E-state index contributed by atoms with van der Waals surface area (Å²) < 4.78 is 0. The van der Waals surface area contributed by atoms with Crippen molar-refractivity contribution in [1.82, 2.24) is 0 Å². The zero-order valence-corrected chi connectivity index (χ0v) is 7.06. The van der Waals surface area contributed by atoms with Crippen molar-refractivity contribution in [3.8, 4) is 12.3 Å². The van der Waals surface area contributed by atoms with Crippen LogP contribution in [0.2, 0.25) is 0 Å². The van der Waals surface area contributed by atoms with E-state index in [0.717, 1.165) is 6.42 Å².